The molecule has 1 aliphatic heterocycles. The molecule has 0 aliphatic carbocycles. The van der Waals surface area contributed by atoms with Crippen molar-refractivity contribution in [2.45, 2.75) is 50.7 Å². The average molecular weight is 575 g/mol. The third-order valence-corrected chi connectivity index (χ3v) is 8.96. The molecule has 2 amide bonds. The summed E-state index contributed by atoms with van der Waals surface area (Å²) in [7, 11) is 1.63. The molecule has 0 saturated carbocycles. The highest BCUT2D eigenvalue weighted by Gasteiger charge is 2.35. The van der Waals surface area contributed by atoms with Gasteiger partial charge in [-0.1, -0.05) is 24.6 Å². The Balaban J connectivity index is 1.89. The number of ether oxygens (including phenoxy) is 1. The van der Waals surface area contributed by atoms with Crippen LogP contribution in [0.15, 0.2) is 47.4 Å². The number of likely N-dealkylation sites (N-methyl/N-ethyl adjacent to an activating group) is 1. The lowest BCUT2D eigenvalue weighted by Crippen LogP contribution is -2.50. The van der Waals surface area contributed by atoms with Crippen molar-refractivity contribution in [3.05, 3.63) is 53.6 Å². The SMILES string of the molecule is Cc1ccc(S(=O)(=O)N(C)C[C@@H]2Oc3ccc(NC(=O)CCCN(C)C)cc3C(=O)N([C@H](C)CO)C[C@H]2C)cc1. The maximum absolute atomic E-state index is 13.6. The van der Waals surface area contributed by atoms with Crippen LogP contribution in [0.25, 0.3) is 0 Å². The molecule has 220 valence electrons. The maximum atomic E-state index is 13.6. The zero-order valence-electron chi connectivity index (χ0n) is 24.3. The zero-order chi connectivity index (χ0) is 29.6. The number of aliphatic hydroxyl groups excluding tert-OH is 1. The monoisotopic (exact) mass is 574 g/mol. The van der Waals surface area contributed by atoms with Gasteiger partial charge in [-0.05, 0) is 71.2 Å². The molecule has 40 heavy (non-hydrogen) atoms. The van der Waals surface area contributed by atoms with Crippen molar-refractivity contribution in [1.82, 2.24) is 14.1 Å². The lowest BCUT2D eigenvalue weighted by atomic mass is 9.99. The first-order valence-electron chi connectivity index (χ1n) is 13.5. The van der Waals surface area contributed by atoms with Crippen LogP contribution in [-0.4, -0.2) is 99.0 Å². The van der Waals surface area contributed by atoms with E-state index in [2.05, 4.69) is 5.32 Å². The van der Waals surface area contributed by atoms with Gasteiger partial charge in [-0.25, -0.2) is 8.42 Å². The van der Waals surface area contributed by atoms with Gasteiger partial charge in [0.05, 0.1) is 29.7 Å². The van der Waals surface area contributed by atoms with Gasteiger partial charge >= 0.3 is 0 Å². The van der Waals surface area contributed by atoms with Gasteiger partial charge in [-0.3, -0.25) is 9.59 Å². The summed E-state index contributed by atoms with van der Waals surface area (Å²) in [5.74, 6) is -0.441. The molecule has 1 heterocycles. The number of carbonyl (C=O) groups is 2. The molecular formula is C29H42N4O6S. The first kappa shape index (κ1) is 31.5. The Bertz CT molecular complexity index is 1280. The fourth-order valence-corrected chi connectivity index (χ4v) is 5.72. The van der Waals surface area contributed by atoms with Gasteiger partial charge in [0.15, 0.2) is 0 Å². The molecule has 0 spiro atoms. The normalized spacial score (nSPS) is 18.6. The van der Waals surface area contributed by atoms with E-state index in [0.717, 1.165) is 12.1 Å². The zero-order valence-corrected chi connectivity index (χ0v) is 25.1. The van der Waals surface area contributed by atoms with E-state index in [-0.39, 0.29) is 47.9 Å². The molecule has 1 aliphatic rings. The second kappa shape index (κ2) is 13.6. The highest BCUT2D eigenvalue weighted by atomic mass is 32.2. The van der Waals surface area contributed by atoms with Crippen LogP contribution < -0.4 is 10.1 Å². The Labute approximate surface area is 238 Å². The summed E-state index contributed by atoms with van der Waals surface area (Å²) in [6, 6.07) is 11.1. The van der Waals surface area contributed by atoms with Crippen molar-refractivity contribution in [2.75, 3.05) is 52.7 Å². The van der Waals surface area contributed by atoms with Gasteiger partial charge in [0.2, 0.25) is 15.9 Å². The van der Waals surface area contributed by atoms with Crippen molar-refractivity contribution < 1.29 is 27.9 Å². The van der Waals surface area contributed by atoms with Crippen LogP contribution in [0.4, 0.5) is 5.69 Å². The van der Waals surface area contributed by atoms with E-state index in [4.69, 9.17) is 4.74 Å². The molecule has 0 aromatic heterocycles. The number of aryl methyl sites for hydroxylation is 1. The Morgan fingerprint density at radius 1 is 1.18 bits per heavy atom. The van der Waals surface area contributed by atoms with Crippen molar-refractivity contribution in [3.8, 4) is 5.75 Å². The fraction of sp³-hybridized carbons (Fsp3) is 0.517. The number of rotatable bonds is 11. The van der Waals surface area contributed by atoms with E-state index >= 15 is 0 Å². The van der Waals surface area contributed by atoms with E-state index in [9.17, 15) is 23.1 Å². The van der Waals surface area contributed by atoms with Crippen LogP contribution >= 0.6 is 0 Å². The van der Waals surface area contributed by atoms with Gasteiger partial charge in [0.1, 0.15) is 11.9 Å². The van der Waals surface area contributed by atoms with Crippen molar-refractivity contribution in [2.24, 2.45) is 5.92 Å². The van der Waals surface area contributed by atoms with Crippen LogP contribution in [0.5, 0.6) is 5.75 Å². The minimum atomic E-state index is -3.77. The molecular weight excluding hydrogens is 532 g/mol. The lowest BCUT2D eigenvalue weighted by molar-refractivity contribution is -0.116. The fourth-order valence-electron chi connectivity index (χ4n) is 4.54. The smallest absolute Gasteiger partial charge is 0.258 e. The van der Waals surface area contributed by atoms with Gasteiger partial charge in [-0.15, -0.1) is 0 Å². The second-order valence-corrected chi connectivity index (χ2v) is 12.9. The first-order valence-corrected chi connectivity index (χ1v) is 15.0. The third kappa shape index (κ3) is 7.81. The molecule has 0 bridgehead atoms. The number of nitrogens with one attached hydrogen (secondary N) is 1. The van der Waals surface area contributed by atoms with E-state index in [1.807, 2.05) is 32.8 Å². The van der Waals surface area contributed by atoms with Crippen LogP contribution in [-0.2, 0) is 14.8 Å². The predicted molar refractivity (Wildman–Crippen MR) is 155 cm³/mol. The van der Waals surface area contributed by atoms with Gasteiger partial charge in [-0.2, -0.15) is 4.31 Å². The number of amides is 2. The summed E-state index contributed by atoms with van der Waals surface area (Å²) in [6.07, 6.45) is 0.456. The largest absolute Gasteiger partial charge is 0.488 e. The quantitative estimate of drug-likeness (QED) is 0.424. The van der Waals surface area contributed by atoms with Crippen LogP contribution in [0, 0.1) is 12.8 Å². The van der Waals surface area contributed by atoms with E-state index in [1.54, 1.807) is 54.3 Å². The molecule has 3 rings (SSSR count). The van der Waals surface area contributed by atoms with Gasteiger partial charge in [0, 0.05) is 31.6 Å². The third-order valence-electron chi connectivity index (χ3n) is 7.12. The summed E-state index contributed by atoms with van der Waals surface area (Å²) in [5.41, 5.74) is 1.67. The number of benzene rings is 2. The van der Waals surface area contributed by atoms with Gasteiger partial charge in [0.25, 0.3) is 5.91 Å². The molecule has 2 N–H and O–H groups in total. The van der Waals surface area contributed by atoms with Crippen molar-refractivity contribution >= 4 is 27.5 Å². The highest BCUT2D eigenvalue weighted by molar-refractivity contribution is 7.89. The minimum absolute atomic E-state index is 0.0523. The predicted octanol–water partition coefficient (Wildman–Crippen LogP) is 2.82. The number of carbonyl (C=O) groups excluding carboxylic acids is 2. The Kier molecular flexibility index (Phi) is 10.7. The standard InChI is InChI=1S/C29H42N4O6S/c1-20-9-12-24(13-10-20)40(37,38)32(6)18-27-21(2)17-33(22(3)19-34)29(36)25-16-23(11-14-26(25)39-27)30-28(35)8-7-15-31(4)5/h9-14,16,21-22,27,34H,7-8,15,17-19H2,1-6H3,(H,30,35)/t21-,22-,27+/m1/s1. The number of aliphatic hydroxyl groups is 1. The first-order chi connectivity index (χ1) is 18.8. The Morgan fingerprint density at radius 3 is 2.48 bits per heavy atom. The average Bonchev–Trinajstić information content (AvgIpc) is 2.90. The van der Waals surface area contributed by atoms with Crippen LogP contribution in [0.2, 0.25) is 0 Å². The van der Waals surface area contributed by atoms with Crippen molar-refractivity contribution in [1.29, 1.82) is 0 Å². The Hall–Kier alpha value is -2.99. The second-order valence-electron chi connectivity index (χ2n) is 10.9. The highest BCUT2D eigenvalue weighted by Crippen LogP contribution is 2.31. The number of fused-ring (bicyclic) bond motifs is 1. The Morgan fingerprint density at radius 2 is 1.85 bits per heavy atom. The van der Waals surface area contributed by atoms with Crippen molar-refractivity contribution in [3.63, 3.8) is 0 Å². The summed E-state index contributed by atoms with van der Waals surface area (Å²) < 4.78 is 34.2. The minimum Gasteiger partial charge on any atom is -0.488 e. The summed E-state index contributed by atoms with van der Waals surface area (Å²) in [6.45, 7) is 6.40. The lowest BCUT2D eigenvalue weighted by Gasteiger charge is -2.38. The van der Waals surface area contributed by atoms with Crippen LogP contribution in [0.3, 0.4) is 0 Å². The molecule has 0 unspecified atom stereocenters. The number of anilines is 1. The number of sulfonamides is 1. The summed E-state index contributed by atoms with van der Waals surface area (Å²) in [4.78, 5) is 29.9. The van der Waals surface area contributed by atoms with Gasteiger partial charge < -0.3 is 25.0 Å². The summed E-state index contributed by atoms with van der Waals surface area (Å²) >= 11 is 0. The van der Waals surface area contributed by atoms with E-state index < -0.39 is 22.2 Å². The molecule has 0 radical (unpaired) electrons. The number of nitrogens with zero attached hydrogens (tertiary/aromatic N) is 3. The topological polar surface area (TPSA) is 119 Å². The van der Waals surface area contributed by atoms with E-state index in [0.29, 0.717) is 24.3 Å². The number of hydrogen-bond donors (Lipinski definition) is 2. The molecule has 0 saturated heterocycles. The summed E-state index contributed by atoms with van der Waals surface area (Å²) in [5, 5.41) is 12.7. The molecule has 0 fully saturated rings. The molecule has 2 aromatic rings. The maximum Gasteiger partial charge on any atom is 0.258 e. The molecule has 10 nitrogen and oxygen atoms in total. The van der Waals surface area contributed by atoms with E-state index in [1.165, 1.54) is 11.4 Å². The van der Waals surface area contributed by atoms with Crippen LogP contribution in [0.1, 0.15) is 42.6 Å². The molecule has 3 atom stereocenters. The molecule has 2 aromatic carbocycles. The molecule has 11 heteroatoms. The number of hydrogen-bond acceptors (Lipinski definition) is 7.